The zero-order valence-corrected chi connectivity index (χ0v) is 8.88. The molecule has 0 bridgehead atoms. The summed E-state index contributed by atoms with van der Waals surface area (Å²) in [6, 6.07) is 2.36. The van der Waals surface area contributed by atoms with Gasteiger partial charge in [-0.2, -0.15) is 0 Å². The summed E-state index contributed by atoms with van der Waals surface area (Å²) in [5.74, 6) is -0.740. The lowest BCUT2D eigenvalue weighted by molar-refractivity contribution is -0.139. The molecule has 1 N–H and O–H groups in total. The Bertz CT molecular complexity index is 348. The zero-order chi connectivity index (χ0) is 10.1. The van der Waals surface area contributed by atoms with E-state index in [0.29, 0.717) is 0 Å². The Labute approximate surface area is 87.0 Å². The van der Waals surface area contributed by atoms with Gasteiger partial charge in [0.05, 0.1) is 6.54 Å². The molecule has 0 aromatic carbocycles. The molecule has 0 aliphatic carbocycles. The molecule has 1 unspecified atom stereocenters. The van der Waals surface area contributed by atoms with Crippen molar-refractivity contribution < 1.29 is 9.90 Å². The number of fused-ring (bicyclic) bond motifs is 1. The molecule has 1 aromatic rings. The molecule has 1 aliphatic rings. The van der Waals surface area contributed by atoms with Gasteiger partial charge in [-0.1, -0.05) is 0 Å². The molecule has 0 amide bonds. The Morgan fingerprint density at radius 3 is 3.29 bits per heavy atom. The number of carboxylic acids is 1. The predicted molar refractivity (Wildman–Crippen MR) is 55.6 cm³/mol. The van der Waals surface area contributed by atoms with Crippen molar-refractivity contribution in [3.63, 3.8) is 0 Å². The highest BCUT2D eigenvalue weighted by molar-refractivity contribution is 7.10. The summed E-state index contributed by atoms with van der Waals surface area (Å²) in [4.78, 5) is 14.1. The second-order valence-corrected chi connectivity index (χ2v) is 4.59. The Kier molecular flexibility index (Phi) is 2.56. The number of rotatable bonds is 2. The van der Waals surface area contributed by atoms with Gasteiger partial charge in [0.1, 0.15) is 0 Å². The number of carbonyl (C=O) groups is 1. The van der Waals surface area contributed by atoms with E-state index in [2.05, 4.69) is 18.4 Å². The van der Waals surface area contributed by atoms with Crippen molar-refractivity contribution in [1.29, 1.82) is 0 Å². The molecule has 0 radical (unpaired) electrons. The third-order valence-corrected chi connectivity index (χ3v) is 3.74. The molecule has 0 saturated carbocycles. The first-order chi connectivity index (χ1) is 6.68. The summed E-state index contributed by atoms with van der Waals surface area (Å²) in [5, 5.41) is 10.8. The molecule has 3 nitrogen and oxygen atoms in total. The summed E-state index contributed by atoms with van der Waals surface area (Å²) >= 11 is 1.78. The highest BCUT2D eigenvalue weighted by Gasteiger charge is 2.25. The van der Waals surface area contributed by atoms with Crippen LogP contribution in [-0.4, -0.2) is 29.1 Å². The van der Waals surface area contributed by atoms with Crippen LogP contribution in [-0.2, 0) is 11.2 Å². The van der Waals surface area contributed by atoms with Gasteiger partial charge in [0.15, 0.2) is 0 Å². The maximum atomic E-state index is 10.6. The summed E-state index contributed by atoms with van der Waals surface area (Å²) in [7, 11) is 0. The highest BCUT2D eigenvalue weighted by atomic mass is 32.1. The van der Waals surface area contributed by atoms with Crippen LogP contribution in [0.5, 0.6) is 0 Å². The van der Waals surface area contributed by atoms with Crippen molar-refractivity contribution >= 4 is 17.3 Å². The summed E-state index contributed by atoms with van der Waals surface area (Å²) in [6.45, 7) is 3.09. The Morgan fingerprint density at radius 1 is 1.79 bits per heavy atom. The van der Waals surface area contributed by atoms with Crippen LogP contribution in [0.3, 0.4) is 0 Å². The predicted octanol–water partition coefficient (Wildman–Crippen LogP) is 1.75. The minimum atomic E-state index is -0.740. The average molecular weight is 211 g/mol. The van der Waals surface area contributed by atoms with E-state index in [-0.39, 0.29) is 12.6 Å². The van der Waals surface area contributed by atoms with Gasteiger partial charge < -0.3 is 5.11 Å². The maximum absolute atomic E-state index is 10.6. The highest BCUT2D eigenvalue weighted by Crippen LogP contribution is 2.32. The average Bonchev–Trinajstić information content (AvgIpc) is 2.57. The van der Waals surface area contributed by atoms with Crippen LogP contribution in [0, 0.1) is 0 Å². The normalized spacial score (nSPS) is 21.9. The first kappa shape index (κ1) is 9.68. The first-order valence-corrected chi connectivity index (χ1v) is 5.58. The van der Waals surface area contributed by atoms with Crippen LogP contribution < -0.4 is 0 Å². The van der Waals surface area contributed by atoms with E-state index in [9.17, 15) is 4.79 Å². The van der Waals surface area contributed by atoms with Gasteiger partial charge in [0.25, 0.3) is 0 Å². The number of hydrogen-bond acceptors (Lipinski definition) is 3. The number of aliphatic carboxylic acids is 1. The summed E-state index contributed by atoms with van der Waals surface area (Å²) < 4.78 is 0. The lowest BCUT2D eigenvalue weighted by Crippen LogP contribution is -2.36. The second kappa shape index (κ2) is 3.71. The lowest BCUT2D eigenvalue weighted by Gasteiger charge is -2.32. The standard InChI is InChI=1S/C10H13NO2S/c1-7-8-3-5-14-9(8)2-4-11(7)6-10(12)13/h3,5,7H,2,4,6H2,1H3,(H,12,13). The quantitative estimate of drug-likeness (QED) is 0.810. The molecular formula is C10H13NO2S. The zero-order valence-electron chi connectivity index (χ0n) is 8.06. The van der Waals surface area contributed by atoms with Crippen LogP contribution in [0.2, 0.25) is 0 Å². The van der Waals surface area contributed by atoms with Crippen molar-refractivity contribution in [3.05, 3.63) is 21.9 Å². The van der Waals surface area contributed by atoms with Gasteiger partial charge in [0, 0.05) is 17.5 Å². The summed E-state index contributed by atoms with van der Waals surface area (Å²) in [5.41, 5.74) is 1.31. The molecular weight excluding hydrogens is 198 g/mol. The molecule has 1 aliphatic heterocycles. The van der Waals surface area contributed by atoms with Gasteiger partial charge in [-0.25, -0.2) is 0 Å². The van der Waals surface area contributed by atoms with Gasteiger partial charge in [-0.15, -0.1) is 11.3 Å². The molecule has 76 valence electrons. The van der Waals surface area contributed by atoms with Gasteiger partial charge >= 0.3 is 5.97 Å². The van der Waals surface area contributed by atoms with Gasteiger partial charge in [-0.3, -0.25) is 9.69 Å². The van der Waals surface area contributed by atoms with E-state index in [1.54, 1.807) is 11.3 Å². The van der Waals surface area contributed by atoms with Crippen molar-refractivity contribution in [2.75, 3.05) is 13.1 Å². The third kappa shape index (κ3) is 1.67. The second-order valence-electron chi connectivity index (χ2n) is 3.59. The number of hydrogen-bond donors (Lipinski definition) is 1. The van der Waals surface area contributed by atoms with Crippen LogP contribution in [0.15, 0.2) is 11.4 Å². The molecule has 1 aromatic heterocycles. The molecule has 14 heavy (non-hydrogen) atoms. The van der Waals surface area contributed by atoms with E-state index >= 15 is 0 Å². The third-order valence-electron chi connectivity index (χ3n) is 2.74. The number of nitrogens with zero attached hydrogens (tertiary/aromatic N) is 1. The Hall–Kier alpha value is -0.870. The SMILES string of the molecule is CC1c2ccsc2CCN1CC(=O)O. The van der Waals surface area contributed by atoms with E-state index in [1.165, 1.54) is 10.4 Å². The smallest absolute Gasteiger partial charge is 0.317 e. The van der Waals surface area contributed by atoms with Gasteiger partial charge in [0.2, 0.25) is 0 Å². The number of thiophene rings is 1. The van der Waals surface area contributed by atoms with Crippen molar-refractivity contribution in [2.45, 2.75) is 19.4 Å². The fourth-order valence-corrected chi connectivity index (χ4v) is 2.91. The molecule has 1 atom stereocenters. The van der Waals surface area contributed by atoms with E-state index in [0.717, 1.165) is 13.0 Å². The van der Waals surface area contributed by atoms with Crippen molar-refractivity contribution in [1.82, 2.24) is 4.90 Å². The molecule has 4 heteroatoms. The van der Waals surface area contributed by atoms with Crippen LogP contribution in [0.25, 0.3) is 0 Å². The Morgan fingerprint density at radius 2 is 2.57 bits per heavy atom. The molecule has 0 spiro atoms. The van der Waals surface area contributed by atoms with E-state index < -0.39 is 5.97 Å². The van der Waals surface area contributed by atoms with Gasteiger partial charge in [-0.05, 0) is 30.4 Å². The molecule has 0 fully saturated rings. The minimum absolute atomic E-state index is 0.149. The van der Waals surface area contributed by atoms with Crippen molar-refractivity contribution in [3.8, 4) is 0 Å². The minimum Gasteiger partial charge on any atom is -0.480 e. The fourth-order valence-electron chi connectivity index (χ4n) is 1.95. The molecule has 2 rings (SSSR count). The largest absolute Gasteiger partial charge is 0.480 e. The molecule has 2 heterocycles. The van der Waals surface area contributed by atoms with Crippen LogP contribution >= 0.6 is 11.3 Å². The van der Waals surface area contributed by atoms with E-state index in [4.69, 9.17) is 5.11 Å². The van der Waals surface area contributed by atoms with Crippen molar-refractivity contribution in [2.24, 2.45) is 0 Å². The summed E-state index contributed by atoms with van der Waals surface area (Å²) in [6.07, 6.45) is 0.991. The monoisotopic (exact) mass is 211 g/mol. The molecule has 0 saturated heterocycles. The first-order valence-electron chi connectivity index (χ1n) is 4.70. The Balaban J connectivity index is 2.16. The number of carboxylic acid groups (broad SMARTS) is 1. The van der Waals surface area contributed by atoms with E-state index in [1.807, 2.05) is 4.90 Å². The van der Waals surface area contributed by atoms with Crippen LogP contribution in [0.1, 0.15) is 23.4 Å². The lowest BCUT2D eigenvalue weighted by atomic mass is 10.0. The van der Waals surface area contributed by atoms with Crippen LogP contribution in [0.4, 0.5) is 0 Å². The topological polar surface area (TPSA) is 40.5 Å². The maximum Gasteiger partial charge on any atom is 0.317 e. The fraction of sp³-hybridized carbons (Fsp3) is 0.500.